The lowest BCUT2D eigenvalue weighted by molar-refractivity contribution is -0.388. The van der Waals surface area contributed by atoms with E-state index < -0.39 is 51.7 Å². The second kappa shape index (κ2) is 8.59. The summed E-state index contributed by atoms with van der Waals surface area (Å²) in [5.74, 6) is -2.34. The molecule has 0 radical (unpaired) electrons. The number of carbonyl (C=O) groups excluding carboxylic acids is 2. The van der Waals surface area contributed by atoms with Gasteiger partial charge in [-0.05, 0) is 36.4 Å². The van der Waals surface area contributed by atoms with E-state index in [4.69, 9.17) is 0 Å². The predicted octanol–water partition coefficient (Wildman–Crippen LogP) is 1.37. The Morgan fingerprint density at radius 3 is 1.97 bits per heavy atom. The van der Waals surface area contributed by atoms with Gasteiger partial charge >= 0.3 is 0 Å². The molecule has 0 aromatic heterocycles. The van der Waals surface area contributed by atoms with Crippen molar-refractivity contribution in [2.75, 3.05) is 22.6 Å². The molecule has 2 N–H and O–H groups in total. The van der Waals surface area contributed by atoms with Crippen molar-refractivity contribution >= 4 is 48.6 Å². The highest BCUT2D eigenvalue weighted by atomic mass is 32.2. The zero-order valence-electron chi connectivity index (χ0n) is 15.8. The molecule has 0 saturated carbocycles. The number of nitrogens with one attached hydrogen (secondary N) is 2. The minimum Gasteiger partial charge on any atom is -0.326 e. The highest BCUT2D eigenvalue weighted by molar-refractivity contribution is 7.92. The van der Waals surface area contributed by atoms with Crippen molar-refractivity contribution in [2.24, 2.45) is 0 Å². The molecule has 0 aliphatic heterocycles. The molecule has 11 nitrogen and oxygen atoms in total. The van der Waals surface area contributed by atoms with Crippen LogP contribution >= 0.6 is 0 Å². The number of amides is 2. The van der Waals surface area contributed by atoms with Gasteiger partial charge in [-0.1, -0.05) is 0 Å². The molecule has 0 saturated heterocycles. The molecule has 0 aliphatic rings. The van der Waals surface area contributed by atoms with Crippen LogP contribution in [0.1, 0.15) is 6.92 Å². The summed E-state index contributed by atoms with van der Waals surface area (Å²) >= 11 is 0. The molecule has 0 heterocycles. The van der Waals surface area contributed by atoms with E-state index in [1.54, 1.807) is 0 Å². The topological polar surface area (TPSA) is 170 Å². The van der Waals surface area contributed by atoms with Crippen LogP contribution in [0.2, 0.25) is 0 Å². The third-order valence-electron chi connectivity index (χ3n) is 3.70. The molecule has 2 aromatic rings. The molecule has 2 amide bonds. The smallest absolute Gasteiger partial charge is 0.289 e. The number of carbonyl (C=O) groups is 2. The van der Waals surface area contributed by atoms with Gasteiger partial charge < -0.3 is 10.6 Å². The fraction of sp³-hybridized carbons (Fsp3) is 0.176. The zero-order chi connectivity index (χ0) is 22.7. The van der Waals surface area contributed by atoms with Gasteiger partial charge in [-0.2, -0.15) is 0 Å². The summed E-state index contributed by atoms with van der Waals surface area (Å²) in [4.78, 5) is 32.2. The summed E-state index contributed by atoms with van der Waals surface area (Å²) in [6.45, 7) is 1.32. The van der Waals surface area contributed by atoms with E-state index >= 15 is 0 Å². The average Bonchev–Trinajstić information content (AvgIpc) is 2.61. The first kappa shape index (κ1) is 23.0. The van der Waals surface area contributed by atoms with Gasteiger partial charge in [0.05, 0.1) is 9.82 Å². The number of nitro groups is 1. The van der Waals surface area contributed by atoms with E-state index in [0.29, 0.717) is 11.8 Å². The van der Waals surface area contributed by atoms with Crippen molar-refractivity contribution in [3.63, 3.8) is 0 Å². The number of nitrogens with zero attached hydrogens (tertiary/aromatic N) is 1. The monoisotopic (exact) mass is 455 g/mol. The molecular weight excluding hydrogens is 438 g/mol. The van der Waals surface area contributed by atoms with Gasteiger partial charge in [-0.15, -0.1) is 0 Å². The predicted molar refractivity (Wildman–Crippen MR) is 108 cm³/mol. The molecular formula is C17H17N3O8S2. The first-order valence-electron chi connectivity index (χ1n) is 8.18. The molecule has 0 atom stereocenters. The maximum Gasteiger partial charge on any atom is 0.289 e. The standard InChI is InChI=1S/C17H17N3O8S2/c1-11(21)18-12-3-5-13(6-4-12)19-17(22)10-30(27,28)16-8-7-14(29(2,25)26)9-15(16)20(23)24/h3-9H,10H2,1-2H3,(H,18,21)(H,19,22). The Morgan fingerprint density at radius 2 is 1.50 bits per heavy atom. The number of hydrogen-bond donors (Lipinski definition) is 2. The normalized spacial score (nSPS) is 11.5. The Morgan fingerprint density at radius 1 is 0.967 bits per heavy atom. The van der Waals surface area contributed by atoms with E-state index in [2.05, 4.69) is 10.6 Å². The van der Waals surface area contributed by atoms with E-state index in [1.807, 2.05) is 0 Å². The first-order valence-corrected chi connectivity index (χ1v) is 11.7. The summed E-state index contributed by atoms with van der Waals surface area (Å²) in [7, 11) is -8.25. The van der Waals surface area contributed by atoms with Crippen LogP contribution in [0.15, 0.2) is 52.3 Å². The Kier molecular flexibility index (Phi) is 6.57. The Hall–Kier alpha value is -3.32. The van der Waals surface area contributed by atoms with Gasteiger partial charge in [0.15, 0.2) is 19.7 Å². The summed E-state index contributed by atoms with van der Waals surface area (Å²) < 4.78 is 48.2. The van der Waals surface area contributed by atoms with Gasteiger partial charge in [-0.25, -0.2) is 16.8 Å². The maximum absolute atomic E-state index is 12.5. The van der Waals surface area contributed by atoms with Crippen LogP contribution in [0, 0.1) is 10.1 Å². The Bertz CT molecular complexity index is 1220. The molecule has 13 heteroatoms. The fourth-order valence-corrected chi connectivity index (χ4v) is 4.36. The number of rotatable bonds is 7. The summed E-state index contributed by atoms with van der Waals surface area (Å²) in [5.41, 5.74) is -0.230. The summed E-state index contributed by atoms with van der Waals surface area (Å²) in [6.07, 6.45) is 0.824. The van der Waals surface area contributed by atoms with Crippen LogP contribution in [-0.2, 0) is 29.3 Å². The van der Waals surface area contributed by atoms with Gasteiger partial charge in [0.25, 0.3) is 5.69 Å². The lowest BCUT2D eigenvalue weighted by atomic mass is 10.3. The van der Waals surface area contributed by atoms with Crippen molar-refractivity contribution in [1.82, 2.24) is 0 Å². The van der Waals surface area contributed by atoms with Crippen LogP contribution in [0.3, 0.4) is 0 Å². The van der Waals surface area contributed by atoms with E-state index in [-0.39, 0.29) is 11.6 Å². The number of hydrogen-bond acceptors (Lipinski definition) is 8. The number of benzene rings is 2. The third kappa shape index (κ3) is 5.84. The third-order valence-corrected chi connectivity index (χ3v) is 6.47. The van der Waals surface area contributed by atoms with E-state index in [1.165, 1.54) is 31.2 Å². The lowest BCUT2D eigenvalue weighted by Gasteiger charge is -2.09. The molecule has 2 rings (SSSR count). The molecule has 2 aromatic carbocycles. The van der Waals surface area contributed by atoms with Crippen molar-refractivity contribution < 1.29 is 31.3 Å². The first-order chi connectivity index (χ1) is 13.8. The van der Waals surface area contributed by atoms with Gasteiger partial charge in [0.1, 0.15) is 10.6 Å². The van der Waals surface area contributed by atoms with Crippen molar-refractivity contribution in [3.8, 4) is 0 Å². The SMILES string of the molecule is CC(=O)Nc1ccc(NC(=O)CS(=O)(=O)c2ccc(S(C)(=O)=O)cc2[N+](=O)[O-])cc1. The molecule has 0 spiro atoms. The van der Waals surface area contributed by atoms with E-state index in [9.17, 15) is 36.5 Å². The molecule has 0 fully saturated rings. The van der Waals surface area contributed by atoms with Crippen LogP contribution in [0.25, 0.3) is 0 Å². The van der Waals surface area contributed by atoms with Crippen LogP contribution in [0.5, 0.6) is 0 Å². The van der Waals surface area contributed by atoms with Crippen molar-refractivity contribution in [1.29, 1.82) is 0 Å². The minimum absolute atomic E-state index is 0.242. The number of nitro benzene ring substituents is 1. The van der Waals surface area contributed by atoms with Crippen LogP contribution in [0.4, 0.5) is 17.1 Å². The maximum atomic E-state index is 12.5. The summed E-state index contributed by atoms with van der Waals surface area (Å²) in [6, 6.07) is 8.19. The van der Waals surface area contributed by atoms with Crippen molar-refractivity contribution in [2.45, 2.75) is 16.7 Å². The number of anilines is 2. The number of sulfone groups is 2. The second-order valence-electron chi connectivity index (χ2n) is 6.22. The minimum atomic E-state index is -4.45. The van der Waals surface area contributed by atoms with Gasteiger partial charge in [0, 0.05) is 30.6 Å². The highest BCUT2D eigenvalue weighted by Crippen LogP contribution is 2.28. The molecule has 0 bridgehead atoms. The highest BCUT2D eigenvalue weighted by Gasteiger charge is 2.29. The molecule has 0 aliphatic carbocycles. The fourth-order valence-electron chi connectivity index (χ4n) is 2.42. The van der Waals surface area contributed by atoms with Crippen LogP contribution < -0.4 is 10.6 Å². The quantitative estimate of drug-likeness (QED) is 0.466. The van der Waals surface area contributed by atoms with Gasteiger partial charge in [-0.3, -0.25) is 19.7 Å². The van der Waals surface area contributed by atoms with Crippen LogP contribution in [-0.4, -0.2) is 45.6 Å². The second-order valence-corrected chi connectivity index (χ2v) is 10.2. The molecule has 0 unspecified atom stereocenters. The average molecular weight is 455 g/mol. The zero-order valence-corrected chi connectivity index (χ0v) is 17.4. The molecule has 30 heavy (non-hydrogen) atoms. The lowest BCUT2D eigenvalue weighted by Crippen LogP contribution is -2.23. The summed E-state index contributed by atoms with van der Waals surface area (Å²) in [5, 5.41) is 16.1. The van der Waals surface area contributed by atoms with E-state index in [0.717, 1.165) is 18.4 Å². The Labute approximate surface area is 172 Å². The largest absolute Gasteiger partial charge is 0.326 e. The van der Waals surface area contributed by atoms with Crippen molar-refractivity contribution in [3.05, 3.63) is 52.6 Å². The Balaban J connectivity index is 2.24. The molecule has 160 valence electrons. The van der Waals surface area contributed by atoms with Gasteiger partial charge in [0.2, 0.25) is 11.8 Å².